The highest BCUT2D eigenvalue weighted by atomic mass is 16.5. The fraction of sp³-hybridized carbons (Fsp3) is 0.0588. The highest BCUT2D eigenvalue weighted by molar-refractivity contribution is 6.01. The first kappa shape index (κ1) is 13.9. The van der Waals surface area contributed by atoms with E-state index in [1.807, 2.05) is 60.7 Å². The quantitative estimate of drug-likeness (QED) is 0.525. The van der Waals surface area contributed by atoms with Gasteiger partial charge in [0.25, 0.3) is 0 Å². The van der Waals surface area contributed by atoms with E-state index in [1.54, 1.807) is 0 Å². The monoisotopic (exact) mass is 265 g/mol. The number of benzene rings is 2. The highest BCUT2D eigenvalue weighted by Gasteiger charge is 2.17. The second kappa shape index (κ2) is 6.57. The lowest BCUT2D eigenvalue weighted by molar-refractivity contribution is -0.136. The molecule has 2 aromatic carbocycles. The third-order valence-corrected chi connectivity index (χ3v) is 2.91. The van der Waals surface area contributed by atoms with Gasteiger partial charge >= 0.3 is 5.97 Å². The van der Waals surface area contributed by atoms with E-state index in [4.69, 9.17) is 11.8 Å². The molecule has 2 radical (unpaired) electrons. The molecule has 0 spiro atoms. The molecule has 0 heterocycles. The fourth-order valence-corrected chi connectivity index (χ4v) is 2.00. The summed E-state index contributed by atoms with van der Waals surface area (Å²) in [5.41, 5.74) is 2.71. The van der Waals surface area contributed by atoms with Gasteiger partial charge in [-0.3, -0.25) is 0 Å². The number of nitrogens with one attached hydrogen (secondary N) is 1. The number of carbonyl (C=O) groups is 1. The van der Waals surface area contributed by atoms with Gasteiger partial charge in [-0.1, -0.05) is 60.7 Å². The van der Waals surface area contributed by atoms with Crippen molar-refractivity contribution >= 4 is 11.5 Å². The average molecular weight is 265 g/mol. The van der Waals surface area contributed by atoms with E-state index < -0.39 is 5.97 Å². The minimum atomic E-state index is -0.504. The minimum absolute atomic E-state index is 0.227. The van der Waals surface area contributed by atoms with Crippen LogP contribution in [0.15, 0.2) is 66.4 Å². The molecule has 0 saturated carbocycles. The van der Waals surface area contributed by atoms with Gasteiger partial charge in [0.1, 0.15) is 5.70 Å². The Morgan fingerprint density at radius 2 is 1.40 bits per heavy atom. The van der Waals surface area contributed by atoms with Crippen LogP contribution in [0, 0.1) is 7.05 Å². The number of methoxy groups -OCH3 is 1. The standard InChI is InChI=1S/C17H15NO2/c1-18-16(17(19)20-2)15(13-9-5-3-6-10-13)14-11-7-4-8-12-14/h1,3-12,18H,2H3. The van der Waals surface area contributed by atoms with Crippen LogP contribution in [0.5, 0.6) is 0 Å². The Kier molecular flexibility index (Phi) is 4.56. The Bertz CT molecular complexity index is 562. The van der Waals surface area contributed by atoms with Crippen molar-refractivity contribution in [3.05, 3.63) is 84.5 Å². The molecule has 0 aliphatic heterocycles. The zero-order chi connectivity index (χ0) is 14.4. The molecule has 2 aromatic rings. The Morgan fingerprint density at radius 1 is 0.950 bits per heavy atom. The van der Waals surface area contributed by atoms with E-state index in [9.17, 15) is 4.79 Å². The van der Waals surface area contributed by atoms with E-state index in [0.717, 1.165) is 11.1 Å². The summed E-state index contributed by atoms with van der Waals surface area (Å²) in [5, 5.41) is 2.45. The third-order valence-electron chi connectivity index (χ3n) is 2.91. The maximum Gasteiger partial charge on any atom is 0.354 e. The second-order valence-electron chi connectivity index (χ2n) is 4.12. The van der Waals surface area contributed by atoms with Gasteiger partial charge in [0.15, 0.2) is 0 Å². The summed E-state index contributed by atoms with van der Waals surface area (Å²) in [4.78, 5) is 11.9. The highest BCUT2D eigenvalue weighted by Crippen LogP contribution is 2.26. The van der Waals surface area contributed by atoms with Crippen molar-refractivity contribution < 1.29 is 9.53 Å². The fourth-order valence-electron chi connectivity index (χ4n) is 2.00. The summed E-state index contributed by atoms with van der Waals surface area (Å²) in [6, 6.07) is 19.1. The topological polar surface area (TPSA) is 38.3 Å². The van der Waals surface area contributed by atoms with Crippen LogP contribution >= 0.6 is 0 Å². The largest absolute Gasteiger partial charge is 0.464 e. The van der Waals surface area contributed by atoms with Crippen molar-refractivity contribution in [1.29, 1.82) is 0 Å². The Morgan fingerprint density at radius 3 is 1.75 bits per heavy atom. The normalized spacial score (nSPS) is 9.70. The average Bonchev–Trinajstić information content (AvgIpc) is 2.53. The smallest absolute Gasteiger partial charge is 0.354 e. The van der Waals surface area contributed by atoms with Gasteiger partial charge in [-0.2, -0.15) is 0 Å². The lowest BCUT2D eigenvalue weighted by atomic mass is 9.96. The van der Waals surface area contributed by atoms with Crippen molar-refractivity contribution in [2.24, 2.45) is 0 Å². The first-order valence-electron chi connectivity index (χ1n) is 6.18. The van der Waals surface area contributed by atoms with Gasteiger partial charge in [0, 0.05) is 5.57 Å². The van der Waals surface area contributed by atoms with Crippen LogP contribution in [-0.2, 0) is 9.53 Å². The van der Waals surface area contributed by atoms with Crippen molar-refractivity contribution in [2.45, 2.75) is 0 Å². The predicted molar refractivity (Wildman–Crippen MR) is 78.4 cm³/mol. The van der Waals surface area contributed by atoms with E-state index in [2.05, 4.69) is 5.32 Å². The zero-order valence-electron chi connectivity index (χ0n) is 11.2. The molecule has 20 heavy (non-hydrogen) atoms. The minimum Gasteiger partial charge on any atom is -0.464 e. The van der Waals surface area contributed by atoms with Crippen LogP contribution < -0.4 is 5.32 Å². The molecule has 0 unspecified atom stereocenters. The van der Waals surface area contributed by atoms with Crippen molar-refractivity contribution in [2.75, 3.05) is 7.11 Å². The van der Waals surface area contributed by atoms with Crippen LogP contribution in [-0.4, -0.2) is 13.1 Å². The molecule has 0 saturated heterocycles. The molecule has 3 heteroatoms. The van der Waals surface area contributed by atoms with Crippen LogP contribution in [0.4, 0.5) is 0 Å². The Hall–Kier alpha value is -2.55. The predicted octanol–water partition coefficient (Wildman–Crippen LogP) is 2.88. The number of rotatable bonds is 4. The number of ether oxygens (including phenoxy) is 1. The van der Waals surface area contributed by atoms with Crippen LogP contribution in [0.2, 0.25) is 0 Å². The molecule has 0 atom stereocenters. The third kappa shape index (κ3) is 2.88. The van der Waals surface area contributed by atoms with Gasteiger partial charge in [-0.25, -0.2) is 4.79 Å². The molecule has 2 rings (SSSR count). The molecular formula is C17H15NO2. The van der Waals surface area contributed by atoms with Crippen molar-refractivity contribution in [3.8, 4) is 0 Å². The first-order chi connectivity index (χ1) is 9.77. The van der Waals surface area contributed by atoms with Gasteiger partial charge in [-0.15, -0.1) is 0 Å². The number of hydrogen-bond acceptors (Lipinski definition) is 3. The molecule has 0 aliphatic rings. The van der Waals surface area contributed by atoms with Crippen molar-refractivity contribution in [3.63, 3.8) is 0 Å². The maximum atomic E-state index is 11.9. The molecule has 0 amide bonds. The van der Waals surface area contributed by atoms with Gasteiger partial charge < -0.3 is 10.1 Å². The second-order valence-corrected chi connectivity index (χ2v) is 4.12. The Balaban J connectivity index is 2.67. The zero-order valence-corrected chi connectivity index (χ0v) is 11.2. The van der Waals surface area contributed by atoms with E-state index >= 15 is 0 Å². The molecule has 0 aromatic heterocycles. The molecule has 0 bridgehead atoms. The summed E-state index contributed by atoms with van der Waals surface area (Å²) in [6.07, 6.45) is 0. The molecule has 0 fully saturated rings. The summed E-state index contributed by atoms with van der Waals surface area (Å²) in [6.45, 7) is 0. The number of carbonyl (C=O) groups excluding carboxylic acids is 1. The summed E-state index contributed by atoms with van der Waals surface area (Å²) in [5.74, 6) is -0.504. The summed E-state index contributed by atoms with van der Waals surface area (Å²) < 4.78 is 4.79. The Labute approximate surface area is 118 Å². The van der Waals surface area contributed by atoms with Crippen LogP contribution in [0.25, 0.3) is 5.57 Å². The van der Waals surface area contributed by atoms with E-state index in [-0.39, 0.29) is 5.70 Å². The molecular weight excluding hydrogens is 250 g/mol. The lowest BCUT2D eigenvalue weighted by Crippen LogP contribution is -2.18. The summed E-state index contributed by atoms with van der Waals surface area (Å²) in [7, 11) is 6.84. The number of esters is 1. The number of hydrogen-bond donors (Lipinski definition) is 1. The van der Waals surface area contributed by atoms with E-state index in [1.165, 1.54) is 7.11 Å². The van der Waals surface area contributed by atoms with Crippen LogP contribution in [0.3, 0.4) is 0 Å². The summed E-state index contributed by atoms with van der Waals surface area (Å²) >= 11 is 0. The maximum absolute atomic E-state index is 11.9. The van der Waals surface area contributed by atoms with Crippen LogP contribution in [0.1, 0.15) is 11.1 Å². The molecule has 3 nitrogen and oxygen atoms in total. The lowest BCUT2D eigenvalue weighted by Gasteiger charge is -2.14. The SMILES string of the molecule is [CH]NC(C(=O)OC)=C(c1ccccc1)c1ccccc1. The molecule has 0 aliphatic carbocycles. The van der Waals surface area contributed by atoms with Crippen molar-refractivity contribution in [1.82, 2.24) is 5.32 Å². The first-order valence-corrected chi connectivity index (χ1v) is 6.18. The van der Waals surface area contributed by atoms with Gasteiger partial charge in [-0.05, 0) is 11.1 Å². The van der Waals surface area contributed by atoms with Gasteiger partial charge in [0.2, 0.25) is 0 Å². The van der Waals surface area contributed by atoms with Gasteiger partial charge in [0.05, 0.1) is 14.2 Å². The van der Waals surface area contributed by atoms with E-state index in [0.29, 0.717) is 5.57 Å². The molecule has 1 N–H and O–H groups in total. The molecule has 100 valence electrons.